The van der Waals surface area contributed by atoms with E-state index < -0.39 is 23.7 Å². The molecule has 3 N–H and O–H groups in total. The second-order valence-electron chi connectivity index (χ2n) is 4.54. The third kappa shape index (κ3) is 5.33. The van der Waals surface area contributed by atoms with Crippen molar-refractivity contribution in [1.29, 1.82) is 0 Å². The van der Waals surface area contributed by atoms with Gasteiger partial charge in [0.25, 0.3) is 0 Å². The lowest BCUT2D eigenvalue weighted by molar-refractivity contribution is -0.141. The van der Waals surface area contributed by atoms with Gasteiger partial charge < -0.3 is 15.7 Å². The monoisotopic (exact) mass is 330 g/mol. The summed E-state index contributed by atoms with van der Waals surface area (Å²) in [6.07, 6.45) is 0.910. The summed E-state index contributed by atoms with van der Waals surface area (Å²) < 4.78 is 13.4. The Labute approximate surface area is 131 Å². The van der Waals surface area contributed by atoms with Crippen molar-refractivity contribution in [3.63, 3.8) is 0 Å². The number of hydrogen-bond donors (Lipinski definition) is 3. The van der Waals surface area contributed by atoms with Crippen LogP contribution in [-0.2, 0) is 14.4 Å². The zero-order valence-electron chi connectivity index (χ0n) is 11.9. The Morgan fingerprint density at radius 2 is 2.00 bits per heavy atom. The number of nitrogens with one attached hydrogen (secondary N) is 2. The molecular formula is C14H16ClFN2O4. The van der Waals surface area contributed by atoms with Crippen LogP contribution in [0.5, 0.6) is 0 Å². The molecule has 0 aromatic heterocycles. The Kier molecular flexibility index (Phi) is 6.78. The number of halogens is 2. The molecule has 1 atom stereocenters. The molecule has 0 saturated carbocycles. The second kappa shape index (κ2) is 8.33. The summed E-state index contributed by atoms with van der Waals surface area (Å²) in [5.41, 5.74) is 0.0441. The molecule has 0 fully saturated rings. The maximum Gasteiger partial charge on any atom is 0.330 e. The Bertz CT molecular complexity index is 580. The Balaban J connectivity index is 2.72. The van der Waals surface area contributed by atoms with E-state index >= 15 is 0 Å². The summed E-state index contributed by atoms with van der Waals surface area (Å²) >= 11 is 5.53. The van der Waals surface area contributed by atoms with Crippen molar-refractivity contribution in [1.82, 2.24) is 10.6 Å². The molecule has 0 aliphatic heterocycles. The molecule has 0 aliphatic carbocycles. The van der Waals surface area contributed by atoms with Crippen molar-refractivity contribution < 1.29 is 23.9 Å². The van der Waals surface area contributed by atoms with Gasteiger partial charge in [0.2, 0.25) is 11.8 Å². The fourth-order valence-corrected chi connectivity index (χ4v) is 1.80. The molecule has 0 heterocycles. The lowest BCUT2D eigenvalue weighted by Crippen LogP contribution is -2.41. The maximum atomic E-state index is 13.4. The van der Waals surface area contributed by atoms with Gasteiger partial charge in [0.1, 0.15) is 5.82 Å². The van der Waals surface area contributed by atoms with Gasteiger partial charge >= 0.3 is 5.97 Å². The number of hydrogen-bond acceptors (Lipinski definition) is 3. The molecule has 6 nitrogen and oxygen atoms in total. The molecule has 0 aliphatic rings. The Morgan fingerprint density at radius 1 is 1.32 bits per heavy atom. The first-order valence-corrected chi connectivity index (χ1v) is 6.96. The van der Waals surface area contributed by atoms with Crippen LogP contribution in [0.2, 0.25) is 5.02 Å². The highest BCUT2D eigenvalue weighted by atomic mass is 35.5. The molecule has 120 valence electrons. The fourth-order valence-electron chi connectivity index (χ4n) is 1.69. The third-order valence-corrected chi connectivity index (χ3v) is 3.06. The molecular weight excluding hydrogens is 315 g/mol. The predicted octanol–water partition coefficient (Wildman–Crippen LogP) is 1.64. The Morgan fingerprint density at radius 3 is 2.55 bits per heavy atom. The molecule has 1 aromatic carbocycles. The number of carbonyl (C=O) groups is 3. The summed E-state index contributed by atoms with van der Waals surface area (Å²) in [5.74, 6) is -3.12. The normalized spacial score (nSPS) is 11.6. The van der Waals surface area contributed by atoms with Gasteiger partial charge in [-0.3, -0.25) is 9.59 Å². The number of amides is 2. The molecule has 22 heavy (non-hydrogen) atoms. The number of carbonyl (C=O) groups excluding carboxylic acids is 2. The highest BCUT2D eigenvalue weighted by molar-refractivity contribution is 6.30. The van der Waals surface area contributed by atoms with Crippen molar-refractivity contribution in [3.8, 4) is 0 Å². The van der Waals surface area contributed by atoms with E-state index in [0.29, 0.717) is 6.42 Å². The summed E-state index contributed by atoms with van der Waals surface area (Å²) in [6, 6.07) is 2.02. The summed E-state index contributed by atoms with van der Waals surface area (Å²) in [5, 5.41) is 13.6. The summed E-state index contributed by atoms with van der Waals surface area (Å²) in [6.45, 7) is 1.47. The van der Waals surface area contributed by atoms with E-state index in [-0.39, 0.29) is 29.5 Å². The topological polar surface area (TPSA) is 95.5 Å². The summed E-state index contributed by atoms with van der Waals surface area (Å²) in [7, 11) is 0. The van der Waals surface area contributed by atoms with E-state index in [1.165, 1.54) is 12.1 Å². The minimum Gasteiger partial charge on any atom is -0.479 e. The van der Waals surface area contributed by atoms with E-state index in [1.807, 2.05) is 6.92 Å². The average molecular weight is 331 g/mol. The standard InChI is InChI=1S/C14H16ClFN2O4/c1-2-3-11(19)17-7-12(20)18-13(14(21)22)8-4-5-9(15)10(16)6-8/h4-6,13H,2-3,7H2,1H3,(H,17,19)(H,18,20)(H,21,22). The van der Waals surface area contributed by atoms with Crippen molar-refractivity contribution in [2.75, 3.05) is 6.54 Å². The minimum atomic E-state index is -1.43. The van der Waals surface area contributed by atoms with Crippen LogP contribution < -0.4 is 10.6 Å². The largest absolute Gasteiger partial charge is 0.479 e. The van der Waals surface area contributed by atoms with Gasteiger partial charge in [-0.1, -0.05) is 24.6 Å². The van der Waals surface area contributed by atoms with Crippen LogP contribution in [0, 0.1) is 5.82 Å². The van der Waals surface area contributed by atoms with Crippen molar-refractivity contribution in [2.24, 2.45) is 0 Å². The first-order valence-electron chi connectivity index (χ1n) is 6.59. The quantitative estimate of drug-likeness (QED) is 0.708. The summed E-state index contributed by atoms with van der Waals surface area (Å²) in [4.78, 5) is 34.1. The first-order chi connectivity index (χ1) is 10.3. The van der Waals surface area contributed by atoms with Crippen LogP contribution in [-0.4, -0.2) is 29.4 Å². The molecule has 8 heteroatoms. The predicted molar refractivity (Wildman–Crippen MR) is 77.8 cm³/mol. The number of carboxylic acids is 1. The highest BCUT2D eigenvalue weighted by Crippen LogP contribution is 2.20. The van der Waals surface area contributed by atoms with Gasteiger partial charge in [0, 0.05) is 6.42 Å². The highest BCUT2D eigenvalue weighted by Gasteiger charge is 2.23. The molecule has 0 saturated heterocycles. The van der Waals surface area contributed by atoms with E-state index in [2.05, 4.69) is 10.6 Å². The number of rotatable bonds is 7. The lowest BCUT2D eigenvalue weighted by Gasteiger charge is -2.15. The number of carboxylic acid groups (broad SMARTS) is 1. The van der Waals surface area contributed by atoms with Crippen LogP contribution in [0.15, 0.2) is 18.2 Å². The van der Waals surface area contributed by atoms with E-state index in [4.69, 9.17) is 16.7 Å². The van der Waals surface area contributed by atoms with Gasteiger partial charge in [0.15, 0.2) is 6.04 Å². The molecule has 0 spiro atoms. The van der Waals surface area contributed by atoms with Crippen LogP contribution in [0.1, 0.15) is 31.4 Å². The van der Waals surface area contributed by atoms with Crippen molar-refractivity contribution in [2.45, 2.75) is 25.8 Å². The van der Waals surface area contributed by atoms with Gasteiger partial charge in [0.05, 0.1) is 11.6 Å². The van der Waals surface area contributed by atoms with E-state index in [9.17, 15) is 18.8 Å². The molecule has 1 rings (SSSR count). The van der Waals surface area contributed by atoms with Crippen LogP contribution in [0.4, 0.5) is 4.39 Å². The minimum absolute atomic E-state index is 0.0441. The molecule has 0 radical (unpaired) electrons. The van der Waals surface area contributed by atoms with Crippen molar-refractivity contribution >= 4 is 29.4 Å². The number of aliphatic carboxylic acids is 1. The van der Waals surface area contributed by atoms with E-state index in [0.717, 1.165) is 6.07 Å². The molecule has 1 unspecified atom stereocenters. The Hall–Kier alpha value is -2.15. The first kappa shape index (κ1) is 17.9. The molecule has 1 aromatic rings. The lowest BCUT2D eigenvalue weighted by atomic mass is 10.1. The van der Waals surface area contributed by atoms with Crippen LogP contribution in [0.25, 0.3) is 0 Å². The van der Waals surface area contributed by atoms with Gasteiger partial charge in [-0.25, -0.2) is 9.18 Å². The smallest absolute Gasteiger partial charge is 0.330 e. The SMILES string of the molecule is CCCC(=O)NCC(=O)NC(C(=O)O)c1ccc(Cl)c(F)c1. The van der Waals surface area contributed by atoms with Gasteiger partial charge in [-0.15, -0.1) is 0 Å². The van der Waals surface area contributed by atoms with Crippen LogP contribution >= 0.6 is 11.6 Å². The maximum absolute atomic E-state index is 13.4. The molecule has 2 amide bonds. The van der Waals surface area contributed by atoms with Crippen LogP contribution in [0.3, 0.4) is 0 Å². The third-order valence-electron chi connectivity index (χ3n) is 2.75. The second-order valence-corrected chi connectivity index (χ2v) is 4.95. The zero-order valence-corrected chi connectivity index (χ0v) is 12.6. The average Bonchev–Trinajstić information content (AvgIpc) is 2.45. The van der Waals surface area contributed by atoms with Crippen molar-refractivity contribution in [3.05, 3.63) is 34.6 Å². The van der Waals surface area contributed by atoms with Gasteiger partial charge in [-0.2, -0.15) is 0 Å². The fraction of sp³-hybridized carbons (Fsp3) is 0.357. The van der Waals surface area contributed by atoms with Gasteiger partial charge in [-0.05, 0) is 24.1 Å². The molecule has 0 bridgehead atoms. The zero-order chi connectivity index (χ0) is 16.7. The van der Waals surface area contributed by atoms with E-state index in [1.54, 1.807) is 0 Å². The number of benzene rings is 1.